The maximum atomic E-state index is 11.8. The van der Waals surface area contributed by atoms with Crippen LogP contribution in [0.4, 0.5) is 0 Å². The zero-order valence-electron chi connectivity index (χ0n) is 12.2. The molecule has 0 saturated carbocycles. The third-order valence-electron chi connectivity index (χ3n) is 3.88. The average molecular weight is 316 g/mol. The van der Waals surface area contributed by atoms with Crippen molar-refractivity contribution in [2.45, 2.75) is 32.2 Å². The molecule has 6 heteroatoms. The average Bonchev–Trinajstić information content (AvgIpc) is 2.90. The zero-order valence-corrected chi connectivity index (χ0v) is 13.8. The highest BCUT2D eigenvalue weighted by atomic mass is 32.2. The fraction of sp³-hybridized carbons (Fsp3) is 0.714. The van der Waals surface area contributed by atoms with E-state index >= 15 is 0 Å². The predicted octanol–water partition coefficient (Wildman–Crippen LogP) is 2.46. The predicted molar refractivity (Wildman–Crippen MR) is 84.5 cm³/mol. The minimum absolute atomic E-state index is 0.221. The normalized spacial score (nSPS) is 24.9. The molecule has 2 heterocycles. The Kier molecular flexibility index (Phi) is 5.60. The molecule has 1 aromatic heterocycles. The third-order valence-corrected chi connectivity index (χ3v) is 6.38. The lowest BCUT2D eigenvalue weighted by molar-refractivity contribution is 0.126. The van der Waals surface area contributed by atoms with Gasteiger partial charge in [0, 0.05) is 17.5 Å². The van der Waals surface area contributed by atoms with Crippen LogP contribution < -0.4 is 4.72 Å². The Hall–Kier alpha value is -0.430. The van der Waals surface area contributed by atoms with Gasteiger partial charge in [-0.25, -0.2) is 13.1 Å². The first-order chi connectivity index (χ1) is 9.53. The first-order valence-electron chi connectivity index (χ1n) is 7.24. The molecule has 0 radical (unpaired) electrons. The van der Waals surface area contributed by atoms with E-state index in [1.165, 1.54) is 4.88 Å². The van der Waals surface area contributed by atoms with Gasteiger partial charge in [-0.2, -0.15) is 0 Å². The summed E-state index contributed by atoms with van der Waals surface area (Å²) >= 11 is 1.76. The van der Waals surface area contributed by atoms with Gasteiger partial charge in [-0.15, -0.1) is 11.3 Å². The molecule has 114 valence electrons. The Morgan fingerprint density at radius 2 is 2.30 bits per heavy atom. The number of sulfonamides is 1. The number of nitrogens with one attached hydrogen (secondary N) is 1. The van der Waals surface area contributed by atoms with Gasteiger partial charge >= 0.3 is 0 Å². The lowest BCUT2D eigenvalue weighted by Crippen LogP contribution is -2.41. The van der Waals surface area contributed by atoms with E-state index in [4.69, 9.17) is 0 Å². The largest absolute Gasteiger partial charge is 0.298 e. The number of nitrogens with zero attached hydrogens (tertiary/aromatic N) is 1. The maximum Gasteiger partial charge on any atom is 0.211 e. The molecule has 2 rings (SSSR count). The molecule has 0 unspecified atom stereocenters. The quantitative estimate of drug-likeness (QED) is 0.877. The minimum atomic E-state index is -3.11. The Labute approximate surface area is 126 Å². The fourth-order valence-corrected chi connectivity index (χ4v) is 5.09. The molecule has 0 aromatic carbocycles. The van der Waals surface area contributed by atoms with Gasteiger partial charge in [-0.3, -0.25) is 4.90 Å². The highest BCUT2D eigenvalue weighted by molar-refractivity contribution is 7.89. The Morgan fingerprint density at radius 3 is 2.95 bits per heavy atom. The number of piperidine rings is 1. The molecule has 4 nitrogen and oxygen atoms in total. The molecule has 1 N–H and O–H groups in total. The first-order valence-corrected chi connectivity index (χ1v) is 9.77. The monoisotopic (exact) mass is 316 g/mol. The summed E-state index contributed by atoms with van der Waals surface area (Å²) < 4.78 is 26.4. The number of hydrogen-bond donors (Lipinski definition) is 1. The molecule has 1 aliphatic heterocycles. The fourth-order valence-electron chi connectivity index (χ4n) is 2.96. The summed E-state index contributed by atoms with van der Waals surface area (Å²) in [6.07, 6.45) is 2.88. The summed E-state index contributed by atoms with van der Waals surface area (Å²) in [5, 5.41) is 2.09. The standard InChI is InChI=1S/C14H24N2O2S2/c1-3-10-20(17,18)15-11-12-6-4-8-16(2)14(12)13-7-5-9-19-13/h5,7,9,12,14-15H,3-4,6,8,10-11H2,1-2H3/t12-,14-/m1/s1. The SMILES string of the molecule is CCCS(=O)(=O)NC[C@H]1CCCN(C)[C@H]1c1cccs1. The molecule has 20 heavy (non-hydrogen) atoms. The van der Waals surface area contributed by atoms with Crippen LogP contribution in [-0.2, 0) is 10.0 Å². The van der Waals surface area contributed by atoms with Crippen molar-refractivity contribution in [2.75, 3.05) is 25.9 Å². The van der Waals surface area contributed by atoms with Crippen LogP contribution in [-0.4, -0.2) is 39.2 Å². The van der Waals surface area contributed by atoms with Gasteiger partial charge < -0.3 is 0 Å². The van der Waals surface area contributed by atoms with Crippen LogP contribution in [0.1, 0.15) is 37.1 Å². The molecule has 1 fully saturated rings. The highest BCUT2D eigenvalue weighted by Crippen LogP contribution is 2.36. The van der Waals surface area contributed by atoms with Gasteiger partial charge in [-0.05, 0) is 50.2 Å². The van der Waals surface area contributed by atoms with Crippen LogP contribution in [0, 0.1) is 5.92 Å². The number of thiophene rings is 1. The van der Waals surface area contributed by atoms with Gasteiger partial charge in [-0.1, -0.05) is 13.0 Å². The summed E-state index contributed by atoms with van der Waals surface area (Å²) in [7, 11) is -0.970. The van der Waals surface area contributed by atoms with Gasteiger partial charge in [0.2, 0.25) is 10.0 Å². The minimum Gasteiger partial charge on any atom is -0.298 e. The van der Waals surface area contributed by atoms with Crippen molar-refractivity contribution in [1.29, 1.82) is 0 Å². The summed E-state index contributed by atoms with van der Waals surface area (Å²) in [4.78, 5) is 3.69. The number of rotatable bonds is 6. The van der Waals surface area contributed by atoms with E-state index in [2.05, 4.69) is 34.2 Å². The molecular weight excluding hydrogens is 292 g/mol. The smallest absolute Gasteiger partial charge is 0.211 e. The second-order valence-corrected chi connectivity index (χ2v) is 8.42. The van der Waals surface area contributed by atoms with Crippen molar-refractivity contribution in [3.8, 4) is 0 Å². The van der Waals surface area contributed by atoms with Gasteiger partial charge in [0.25, 0.3) is 0 Å². The van der Waals surface area contributed by atoms with Crippen molar-refractivity contribution >= 4 is 21.4 Å². The summed E-state index contributed by atoms with van der Waals surface area (Å²) in [6, 6.07) is 4.57. The molecule has 0 aliphatic carbocycles. The lowest BCUT2D eigenvalue weighted by Gasteiger charge is -2.38. The van der Waals surface area contributed by atoms with Crippen LogP contribution in [0.15, 0.2) is 17.5 Å². The third kappa shape index (κ3) is 4.04. The first kappa shape index (κ1) is 15.9. The number of likely N-dealkylation sites (tertiary alicyclic amines) is 1. The topological polar surface area (TPSA) is 49.4 Å². The second-order valence-electron chi connectivity index (χ2n) is 5.51. The zero-order chi connectivity index (χ0) is 14.6. The van der Waals surface area contributed by atoms with E-state index in [9.17, 15) is 8.42 Å². The van der Waals surface area contributed by atoms with Crippen LogP contribution in [0.3, 0.4) is 0 Å². The maximum absolute atomic E-state index is 11.8. The Balaban J connectivity index is 2.04. The van der Waals surface area contributed by atoms with Crippen molar-refractivity contribution in [2.24, 2.45) is 5.92 Å². The van der Waals surface area contributed by atoms with E-state index in [0.717, 1.165) is 19.4 Å². The number of hydrogen-bond acceptors (Lipinski definition) is 4. The van der Waals surface area contributed by atoms with Crippen molar-refractivity contribution < 1.29 is 8.42 Å². The Bertz CT molecular complexity index is 499. The van der Waals surface area contributed by atoms with Crippen LogP contribution in [0.5, 0.6) is 0 Å². The van der Waals surface area contributed by atoms with Crippen LogP contribution in [0.2, 0.25) is 0 Å². The lowest BCUT2D eigenvalue weighted by atomic mass is 9.88. The van der Waals surface area contributed by atoms with E-state index in [0.29, 0.717) is 24.9 Å². The highest BCUT2D eigenvalue weighted by Gasteiger charge is 2.31. The summed E-state index contributed by atoms with van der Waals surface area (Å²) in [5.41, 5.74) is 0. The molecule has 0 amide bonds. The second kappa shape index (κ2) is 7.02. The molecule has 0 spiro atoms. The van der Waals surface area contributed by atoms with Crippen molar-refractivity contribution in [3.63, 3.8) is 0 Å². The summed E-state index contributed by atoms with van der Waals surface area (Å²) in [5.74, 6) is 0.582. The van der Waals surface area contributed by atoms with E-state index in [1.54, 1.807) is 11.3 Å². The molecule has 2 atom stereocenters. The van der Waals surface area contributed by atoms with E-state index in [-0.39, 0.29) is 5.75 Å². The molecule has 0 bridgehead atoms. The Morgan fingerprint density at radius 1 is 1.50 bits per heavy atom. The molecule has 1 aromatic rings. The summed E-state index contributed by atoms with van der Waals surface area (Å²) in [6.45, 7) is 3.53. The molecule has 1 saturated heterocycles. The van der Waals surface area contributed by atoms with Gasteiger partial charge in [0.1, 0.15) is 0 Å². The van der Waals surface area contributed by atoms with Crippen LogP contribution >= 0.6 is 11.3 Å². The van der Waals surface area contributed by atoms with Gasteiger partial charge in [0.15, 0.2) is 0 Å². The van der Waals surface area contributed by atoms with Crippen LogP contribution in [0.25, 0.3) is 0 Å². The van der Waals surface area contributed by atoms with E-state index < -0.39 is 10.0 Å². The molecule has 1 aliphatic rings. The van der Waals surface area contributed by atoms with E-state index in [1.807, 2.05) is 6.92 Å². The van der Waals surface area contributed by atoms with Gasteiger partial charge in [0.05, 0.1) is 5.75 Å². The van der Waals surface area contributed by atoms with Crippen molar-refractivity contribution in [1.82, 2.24) is 9.62 Å². The van der Waals surface area contributed by atoms with Crippen molar-refractivity contribution in [3.05, 3.63) is 22.4 Å². The molecular formula is C14H24N2O2S2.